The predicted octanol–water partition coefficient (Wildman–Crippen LogP) is 2.81. The molecule has 0 radical (unpaired) electrons. The third-order valence-electron chi connectivity index (χ3n) is 4.73. The first-order valence-corrected chi connectivity index (χ1v) is 6.99. The molecule has 0 heterocycles. The number of hydrogen-bond acceptors (Lipinski definition) is 2. The molecule has 2 aliphatic carbocycles. The first kappa shape index (κ1) is 12.8. The van der Waals surface area contributed by atoms with E-state index in [-0.39, 0.29) is 5.92 Å². The molecule has 1 N–H and O–H groups in total. The van der Waals surface area contributed by atoms with E-state index in [4.69, 9.17) is 0 Å². The van der Waals surface area contributed by atoms with E-state index in [0.717, 1.165) is 19.3 Å². The summed E-state index contributed by atoms with van der Waals surface area (Å²) in [5, 5.41) is 9.26. The van der Waals surface area contributed by atoms with Gasteiger partial charge in [-0.2, -0.15) is 0 Å². The van der Waals surface area contributed by atoms with Gasteiger partial charge in [-0.1, -0.05) is 26.0 Å². The van der Waals surface area contributed by atoms with Crippen LogP contribution in [-0.2, 0) is 4.79 Å². The number of carbonyl (C=O) groups excluding carboxylic acids is 1. The fraction of sp³-hybridized carbons (Fsp3) is 0.800. The van der Waals surface area contributed by atoms with Gasteiger partial charge in [0.1, 0.15) is 5.78 Å². The van der Waals surface area contributed by atoms with Gasteiger partial charge in [-0.05, 0) is 42.9 Å². The average Bonchev–Trinajstić information content (AvgIpc) is 2.37. The molecule has 2 nitrogen and oxygen atoms in total. The van der Waals surface area contributed by atoms with Gasteiger partial charge in [0, 0.05) is 18.9 Å². The number of allylic oxidation sites excluding steroid dienone is 2. The van der Waals surface area contributed by atoms with E-state index in [1.54, 1.807) is 0 Å². The van der Waals surface area contributed by atoms with Gasteiger partial charge in [0.2, 0.25) is 0 Å². The summed E-state index contributed by atoms with van der Waals surface area (Å²) >= 11 is 0. The van der Waals surface area contributed by atoms with Crippen molar-refractivity contribution in [2.75, 3.05) is 6.61 Å². The lowest BCUT2D eigenvalue weighted by Gasteiger charge is -2.42. The fourth-order valence-corrected chi connectivity index (χ4v) is 3.75. The molecule has 2 rings (SSSR count). The van der Waals surface area contributed by atoms with Crippen molar-refractivity contribution in [2.45, 2.75) is 39.5 Å². The number of aliphatic hydroxyl groups excluding tert-OH is 1. The number of hydrogen-bond donors (Lipinski definition) is 1. The van der Waals surface area contributed by atoms with Crippen LogP contribution in [0.4, 0.5) is 0 Å². The molecule has 3 unspecified atom stereocenters. The third-order valence-corrected chi connectivity index (χ3v) is 4.73. The van der Waals surface area contributed by atoms with E-state index in [2.05, 4.69) is 19.1 Å². The van der Waals surface area contributed by atoms with Crippen LogP contribution >= 0.6 is 0 Å². The predicted molar refractivity (Wildman–Crippen MR) is 68.5 cm³/mol. The highest BCUT2D eigenvalue weighted by Gasteiger charge is 2.40. The number of rotatable bonds is 3. The lowest BCUT2D eigenvalue weighted by Crippen LogP contribution is -2.39. The summed E-state index contributed by atoms with van der Waals surface area (Å²) in [6.45, 7) is 4.45. The molecule has 0 spiro atoms. The van der Waals surface area contributed by atoms with Gasteiger partial charge in [0.15, 0.2) is 0 Å². The standard InChI is InChI=1S/C15H24O2/c1-3-14(17)15-10(2)4-6-12-8-11(9-16)5-7-13(12)15/h4,6,10-13,15-16H,3,5,7-9H2,1-2H3/t10-,11+,12?,13?,15?/m0/s1. The maximum absolute atomic E-state index is 12.1. The van der Waals surface area contributed by atoms with Gasteiger partial charge >= 0.3 is 0 Å². The molecule has 0 bridgehead atoms. The van der Waals surface area contributed by atoms with E-state index in [0.29, 0.717) is 42.5 Å². The van der Waals surface area contributed by atoms with E-state index in [1.165, 1.54) is 0 Å². The maximum atomic E-state index is 12.1. The number of carbonyl (C=O) groups is 1. The number of Topliss-reactive ketones (excluding diaryl/α,β-unsaturated/α-hetero) is 1. The first-order chi connectivity index (χ1) is 8.17. The minimum atomic E-state index is 0.231. The molecule has 0 aromatic heterocycles. The molecule has 0 saturated heterocycles. The second kappa shape index (κ2) is 5.34. The van der Waals surface area contributed by atoms with Crippen molar-refractivity contribution in [2.24, 2.45) is 29.6 Å². The highest BCUT2D eigenvalue weighted by molar-refractivity contribution is 5.81. The summed E-state index contributed by atoms with van der Waals surface area (Å²) < 4.78 is 0. The molecule has 0 amide bonds. The summed E-state index contributed by atoms with van der Waals surface area (Å²) in [5.74, 6) is 2.57. The minimum Gasteiger partial charge on any atom is -0.396 e. The molecule has 0 aromatic carbocycles. The summed E-state index contributed by atoms with van der Waals surface area (Å²) in [4.78, 5) is 12.1. The Kier molecular flexibility index (Phi) is 4.03. The van der Waals surface area contributed by atoms with Crippen LogP contribution in [0.2, 0.25) is 0 Å². The molecular weight excluding hydrogens is 212 g/mol. The van der Waals surface area contributed by atoms with E-state index < -0.39 is 0 Å². The third kappa shape index (κ3) is 2.47. The molecule has 96 valence electrons. The fourth-order valence-electron chi connectivity index (χ4n) is 3.75. The quantitative estimate of drug-likeness (QED) is 0.765. The lowest BCUT2D eigenvalue weighted by molar-refractivity contribution is -0.127. The summed E-state index contributed by atoms with van der Waals surface area (Å²) in [6.07, 6.45) is 8.45. The summed E-state index contributed by atoms with van der Waals surface area (Å²) in [5.41, 5.74) is 0. The molecule has 1 fully saturated rings. The normalized spacial score (nSPS) is 41.0. The monoisotopic (exact) mass is 236 g/mol. The van der Waals surface area contributed by atoms with Gasteiger partial charge < -0.3 is 5.11 Å². The minimum absolute atomic E-state index is 0.231. The zero-order chi connectivity index (χ0) is 12.4. The lowest BCUT2D eigenvalue weighted by atomic mass is 9.62. The van der Waals surface area contributed by atoms with Crippen molar-refractivity contribution in [3.8, 4) is 0 Å². The Hall–Kier alpha value is -0.630. The largest absolute Gasteiger partial charge is 0.396 e. The SMILES string of the molecule is CCC(=O)C1C2CC[C@@H](CO)CC2C=C[C@@H]1C. The van der Waals surface area contributed by atoms with Crippen LogP contribution in [0.1, 0.15) is 39.5 Å². The smallest absolute Gasteiger partial charge is 0.136 e. The van der Waals surface area contributed by atoms with Crippen molar-refractivity contribution < 1.29 is 9.90 Å². The number of ketones is 1. The highest BCUT2D eigenvalue weighted by Crippen LogP contribution is 2.45. The summed E-state index contributed by atoms with van der Waals surface area (Å²) in [7, 11) is 0. The van der Waals surface area contributed by atoms with Crippen molar-refractivity contribution in [1.82, 2.24) is 0 Å². The van der Waals surface area contributed by atoms with E-state index in [1.807, 2.05) is 6.92 Å². The molecule has 17 heavy (non-hydrogen) atoms. The van der Waals surface area contributed by atoms with Crippen LogP contribution in [0.3, 0.4) is 0 Å². The molecule has 0 aromatic rings. The van der Waals surface area contributed by atoms with Crippen LogP contribution in [0.15, 0.2) is 12.2 Å². The zero-order valence-corrected chi connectivity index (χ0v) is 10.9. The van der Waals surface area contributed by atoms with Crippen LogP contribution in [0, 0.1) is 29.6 Å². The highest BCUT2D eigenvalue weighted by atomic mass is 16.3. The Morgan fingerprint density at radius 2 is 2.12 bits per heavy atom. The van der Waals surface area contributed by atoms with Crippen LogP contribution in [0.25, 0.3) is 0 Å². The number of fused-ring (bicyclic) bond motifs is 1. The van der Waals surface area contributed by atoms with Gasteiger partial charge in [-0.15, -0.1) is 0 Å². The maximum Gasteiger partial charge on any atom is 0.136 e. The summed E-state index contributed by atoms with van der Waals surface area (Å²) in [6, 6.07) is 0. The van der Waals surface area contributed by atoms with Gasteiger partial charge in [-0.3, -0.25) is 4.79 Å². The first-order valence-electron chi connectivity index (χ1n) is 6.99. The van der Waals surface area contributed by atoms with E-state index >= 15 is 0 Å². The van der Waals surface area contributed by atoms with E-state index in [9.17, 15) is 9.90 Å². The Balaban J connectivity index is 2.15. The van der Waals surface area contributed by atoms with Crippen LogP contribution in [-0.4, -0.2) is 17.5 Å². The Morgan fingerprint density at radius 3 is 2.76 bits per heavy atom. The second-order valence-electron chi connectivity index (χ2n) is 5.78. The van der Waals surface area contributed by atoms with Crippen molar-refractivity contribution in [3.05, 3.63) is 12.2 Å². The molecule has 5 atom stereocenters. The van der Waals surface area contributed by atoms with Crippen LogP contribution < -0.4 is 0 Å². The van der Waals surface area contributed by atoms with Crippen molar-refractivity contribution in [1.29, 1.82) is 0 Å². The topological polar surface area (TPSA) is 37.3 Å². The van der Waals surface area contributed by atoms with Crippen molar-refractivity contribution in [3.63, 3.8) is 0 Å². The zero-order valence-electron chi connectivity index (χ0n) is 10.9. The molecule has 0 aliphatic heterocycles. The van der Waals surface area contributed by atoms with Crippen molar-refractivity contribution >= 4 is 5.78 Å². The molecular formula is C15H24O2. The van der Waals surface area contributed by atoms with Gasteiger partial charge in [0.25, 0.3) is 0 Å². The number of aliphatic hydroxyl groups is 1. The molecule has 2 heteroatoms. The molecule has 2 aliphatic rings. The molecule has 1 saturated carbocycles. The Bertz CT molecular complexity index is 308. The average molecular weight is 236 g/mol. The Labute approximate surface area is 104 Å². The van der Waals surface area contributed by atoms with Gasteiger partial charge in [-0.25, -0.2) is 0 Å². The van der Waals surface area contributed by atoms with Gasteiger partial charge in [0.05, 0.1) is 0 Å². The Morgan fingerprint density at radius 1 is 1.35 bits per heavy atom. The van der Waals surface area contributed by atoms with Crippen LogP contribution in [0.5, 0.6) is 0 Å². The second-order valence-corrected chi connectivity index (χ2v) is 5.78.